The number of primary sulfonamides is 1. The van der Waals surface area contributed by atoms with Crippen molar-refractivity contribution in [3.63, 3.8) is 0 Å². The Labute approximate surface area is 218 Å². The van der Waals surface area contributed by atoms with Crippen LogP contribution in [0.25, 0.3) is 0 Å². The van der Waals surface area contributed by atoms with Gasteiger partial charge in [-0.1, -0.05) is 42.5 Å². The van der Waals surface area contributed by atoms with Crippen LogP contribution in [-0.4, -0.2) is 25.3 Å². The molecule has 0 fully saturated rings. The zero-order valence-electron chi connectivity index (χ0n) is 19.8. The lowest BCUT2D eigenvalue weighted by atomic mass is 9.93. The first-order chi connectivity index (χ1) is 17.7. The van der Waals surface area contributed by atoms with Gasteiger partial charge in [-0.3, -0.25) is 10.1 Å². The summed E-state index contributed by atoms with van der Waals surface area (Å²) in [4.78, 5) is 31.0. The van der Waals surface area contributed by atoms with Gasteiger partial charge in [-0.05, 0) is 53.9 Å². The lowest BCUT2D eigenvalue weighted by Crippen LogP contribution is -2.23. The molecule has 5 rings (SSSR count). The van der Waals surface area contributed by atoms with Crippen LogP contribution in [0.2, 0.25) is 0 Å². The zero-order chi connectivity index (χ0) is 26.2. The summed E-state index contributed by atoms with van der Waals surface area (Å²) >= 11 is 1.35. The predicted octanol–water partition coefficient (Wildman–Crippen LogP) is 4.40. The van der Waals surface area contributed by atoms with E-state index in [-0.39, 0.29) is 10.8 Å². The summed E-state index contributed by atoms with van der Waals surface area (Å²) in [7, 11) is -3.75. The van der Waals surface area contributed by atoms with Crippen LogP contribution in [0.15, 0.2) is 77.7 Å². The van der Waals surface area contributed by atoms with Gasteiger partial charge in [0.05, 0.1) is 16.2 Å². The van der Waals surface area contributed by atoms with E-state index in [1.807, 2.05) is 37.3 Å². The van der Waals surface area contributed by atoms with E-state index in [0.29, 0.717) is 29.1 Å². The van der Waals surface area contributed by atoms with Gasteiger partial charge in [0.1, 0.15) is 6.10 Å². The number of thiazole rings is 1. The normalized spacial score (nSPS) is 15.1. The number of fused-ring (bicyclic) bond motifs is 1. The van der Waals surface area contributed by atoms with Crippen LogP contribution < -0.4 is 10.5 Å². The van der Waals surface area contributed by atoms with Gasteiger partial charge in [0.25, 0.3) is 5.91 Å². The quantitative estimate of drug-likeness (QED) is 0.354. The van der Waals surface area contributed by atoms with Gasteiger partial charge in [0.15, 0.2) is 5.13 Å². The number of anilines is 1. The van der Waals surface area contributed by atoms with Crippen molar-refractivity contribution < 1.29 is 22.7 Å². The second-order valence-electron chi connectivity index (χ2n) is 8.73. The molecule has 1 aromatic heterocycles. The number of aryl methyl sites for hydroxylation is 1. The third-order valence-electron chi connectivity index (χ3n) is 6.14. The minimum atomic E-state index is -3.75. The number of sulfonamides is 1. The Bertz CT molecular complexity index is 1600. The van der Waals surface area contributed by atoms with Crippen molar-refractivity contribution in [2.75, 3.05) is 5.32 Å². The van der Waals surface area contributed by atoms with E-state index in [2.05, 4.69) is 10.3 Å². The Kier molecular flexibility index (Phi) is 6.63. The molecule has 1 aliphatic heterocycles. The monoisotopic (exact) mass is 533 g/mol. The van der Waals surface area contributed by atoms with Crippen LogP contribution >= 0.6 is 11.3 Å². The fourth-order valence-corrected chi connectivity index (χ4v) is 5.70. The molecule has 0 saturated heterocycles. The summed E-state index contributed by atoms with van der Waals surface area (Å²) in [5, 5.41) is 8.47. The average molecular weight is 534 g/mol. The number of rotatable bonds is 6. The number of nitrogens with zero attached hydrogens (tertiary/aromatic N) is 1. The van der Waals surface area contributed by atoms with Crippen LogP contribution in [0, 0.1) is 6.92 Å². The lowest BCUT2D eigenvalue weighted by Gasteiger charge is -2.25. The number of nitrogens with one attached hydrogen (secondary N) is 1. The number of hydrogen-bond donors (Lipinski definition) is 2. The summed E-state index contributed by atoms with van der Waals surface area (Å²) < 4.78 is 28.5. The van der Waals surface area contributed by atoms with Crippen molar-refractivity contribution in [2.24, 2.45) is 5.14 Å². The molecule has 0 bridgehead atoms. The molecule has 0 saturated carbocycles. The maximum atomic E-state index is 13.0. The molecule has 1 unspecified atom stereocenters. The van der Waals surface area contributed by atoms with Crippen molar-refractivity contribution >= 4 is 38.4 Å². The molecule has 3 N–H and O–H groups in total. The van der Waals surface area contributed by atoms with Gasteiger partial charge < -0.3 is 4.74 Å². The molecule has 10 heteroatoms. The summed E-state index contributed by atoms with van der Waals surface area (Å²) in [5.74, 6) is -0.727. The minimum Gasteiger partial charge on any atom is -0.454 e. The number of amides is 1. The number of aromatic nitrogens is 1. The van der Waals surface area contributed by atoms with Crippen LogP contribution in [0.5, 0.6) is 0 Å². The predicted molar refractivity (Wildman–Crippen MR) is 140 cm³/mol. The number of nitrogens with two attached hydrogens (primary N) is 1. The molecule has 0 spiro atoms. The number of esters is 1. The molecule has 1 atom stereocenters. The molecular weight excluding hydrogens is 510 g/mol. The smallest absolute Gasteiger partial charge is 0.339 e. The average Bonchev–Trinajstić information content (AvgIpc) is 3.22. The SMILES string of the molecule is Cc1nc(NC(=O)c2ccc3c(c2)CC(c2ccccc2)OC3=O)sc1Cc1ccc(S(N)(=O)=O)cc1. The third kappa shape index (κ3) is 5.46. The Hall–Kier alpha value is -3.86. The molecule has 0 aliphatic carbocycles. The second kappa shape index (κ2) is 9.89. The lowest BCUT2D eigenvalue weighted by molar-refractivity contribution is 0.0252. The summed E-state index contributed by atoms with van der Waals surface area (Å²) in [6.45, 7) is 1.86. The van der Waals surface area contributed by atoms with Crippen molar-refractivity contribution in [2.45, 2.75) is 30.8 Å². The fraction of sp³-hybridized carbons (Fsp3) is 0.148. The number of cyclic esters (lactones) is 1. The van der Waals surface area contributed by atoms with Gasteiger partial charge in [-0.25, -0.2) is 23.3 Å². The Morgan fingerprint density at radius 1 is 1.11 bits per heavy atom. The number of benzene rings is 3. The highest BCUT2D eigenvalue weighted by atomic mass is 32.2. The van der Waals surface area contributed by atoms with Gasteiger partial charge >= 0.3 is 5.97 Å². The fourth-order valence-electron chi connectivity index (χ4n) is 4.19. The zero-order valence-corrected chi connectivity index (χ0v) is 21.4. The van der Waals surface area contributed by atoms with Gasteiger partial charge in [-0.15, -0.1) is 11.3 Å². The molecule has 8 nitrogen and oxygen atoms in total. The molecule has 4 aromatic rings. The van der Waals surface area contributed by atoms with E-state index in [1.54, 1.807) is 30.3 Å². The van der Waals surface area contributed by atoms with E-state index >= 15 is 0 Å². The number of hydrogen-bond acceptors (Lipinski definition) is 7. The maximum absolute atomic E-state index is 13.0. The molecule has 37 heavy (non-hydrogen) atoms. The Morgan fingerprint density at radius 3 is 2.54 bits per heavy atom. The van der Waals surface area contributed by atoms with E-state index in [4.69, 9.17) is 9.88 Å². The molecule has 0 radical (unpaired) electrons. The molecule has 1 amide bonds. The van der Waals surface area contributed by atoms with E-state index in [9.17, 15) is 18.0 Å². The highest BCUT2D eigenvalue weighted by Gasteiger charge is 2.28. The Balaban J connectivity index is 1.30. The van der Waals surface area contributed by atoms with E-state index in [0.717, 1.165) is 27.3 Å². The van der Waals surface area contributed by atoms with E-state index in [1.165, 1.54) is 23.5 Å². The van der Waals surface area contributed by atoms with Crippen LogP contribution in [0.3, 0.4) is 0 Å². The van der Waals surface area contributed by atoms with Crippen molar-refractivity contribution in [3.05, 3.63) is 111 Å². The van der Waals surface area contributed by atoms with Gasteiger partial charge in [0, 0.05) is 23.3 Å². The molecule has 3 aromatic carbocycles. The highest BCUT2D eigenvalue weighted by molar-refractivity contribution is 7.89. The maximum Gasteiger partial charge on any atom is 0.339 e. The molecular formula is C27H23N3O5S2. The minimum absolute atomic E-state index is 0.0543. The van der Waals surface area contributed by atoms with Crippen LogP contribution in [0.4, 0.5) is 5.13 Å². The van der Waals surface area contributed by atoms with Crippen molar-refractivity contribution in [1.82, 2.24) is 4.98 Å². The summed E-state index contributed by atoms with van der Waals surface area (Å²) in [5.41, 5.74) is 4.22. The Morgan fingerprint density at radius 2 is 1.84 bits per heavy atom. The number of carbonyl (C=O) groups is 2. The van der Waals surface area contributed by atoms with Crippen molar-refractivity contribution in [1.29, 1.82) is 0 Å². The standard InChI is InChI=1S/C27H23N3O5S2/c1-16-24(13-17-7-10-21(11-8-17)37(28,33)34)36-27(29-16)30-25(31)19-9-12-22-20(14-19)15-23(35-26(22)32)18-5-3-2-4-6-18/h2-12,14,23H,13,15H2,1H3,(H2,28,33,34)(H,29,30,31). The first-order valence-corrected chi connectivity index (χ1v) is 13.8. The van der Waals surface area contributed by atoms with Crippen molar-refractivity contribution in [3.8, 4) is 0 Å². The summed E-state index contributed by atoms with van der Waals surface area (Å²) in [6, 6.07) is 20.8. The first kappa shape index (κ1) is 24.8. The second-order valence-corrected chi connectivity index (χ2v) is 11.4. The summed E-state index contributed by atoms with van der Waals surface area (Å²) in [6.07, 6.45) is 0.617. The largest absolute Gasteiger partial charge is 0.454 e. The molecule has 1 aliphatic rings. The number of carbonyl (C=O) groups excluding carboxylic acids is 2. The van der Waals surface area contributed by atoms with Crippen LogP contribution in [0.1, 0.15) is 54.1 Å². The highest BCUT2D eigenvalue weighted by Crippen LogP contribution is 2.31. The van der Waals surface area contributed by atoms with Gasteiger partial charge in [0.2, 0.25) is 10.0 Å². The molecule has 188 valence electrons. The topological polar surface area (TPSA) is 128 Å². The van der Waals surface area contributed by atoms with E-state index < -0.39 is 22.1 Å². The van der Waals surface area contributed by atoms with Crippen LogP contribution in [-0.2, 0) is 27.6 Å². The third-order valence-corrected chi connectivity index (χ3v) is 8.15. The molecule has 2 heterocycles. The number of ether oxygens (including phenoxy) is 1. The van der Waals surface area contributed by atoms with Gasteiger partial charge in [-0.2, -0.15) is 0 Å². The first-order valence-electron chi connectivity index (χ1n) is 11.5.